The normalized spacial score (nSPS) is 11.9. The maximum absolute atomic E-state index is 12.8. The summed E-state index contributed by atoms with van der Waals surface area (Å²) in [6.07, 6.45) is 1.42. The van der Waals surface area contributed by atoms with Crippen LogP contribution in [0.3, 0.4) is 0 Å². The molecule has 29 heavy (non-hydrogen) atoms. The molecule has 0 spiro atoms. The smallest absolute Gasteiger partial charge is 0.330 e. The molecule has 7 nitrogen and oxygen atoms in total. The van der Waals surface area contributed by atoms with Gasteiger partial charge in [-0.2, -0.15) is 5.10 Å². The third-order valence-corrected chi connectivity index (χ3v) is 4.71. The Kier molecular flexibility index (Phi) is 4.78. The van der Waals surface area contributed by atoms with Crippen molar-refractivity contribution in [1.82, 2.24) is 20.1 Å². The van der Waals surface area contributed by atoms with Crippen LogP contribution in [-0.2, 0) is 4.79 Å². The number of hydrogen-bond acceptors (Lipinski definition) is 4. The summed E-state index contributed by atoms with van der Waals surface area (Å²) in [6, 6.07) is 18.9. The number of nitrogens with one attached hydrogen (secondary N) is 1. The van der Waals surface area contributed by atoms with E-state index in [4.69, 9.17) is 0 Å². The van der Waals surface area contributed by atoms with Gasteiger partial charge in [-0.05, 0) is 30.7 Å². The van der Waals surface area contributed by atoms with Crippen molar-refractivity contribution in [2.45, 2.75) is 13.0 Å². The Morgan fingerprint density at radius 1 is 1.00 bits per heavy atom. The Labute approximate surface area is 166 Å². The van der Waals surface area contributed by atoms with Gasteiger partial charge in [0.05, 0.1) is 23.0 Å². The minimum atomic E-state index is -1.15. The first-order chi connectivity index (χ1) is 14.0. The standard InChI is InChI=1S/C22H18N4O3/c1-14-17(21(27)25-20(22(28)29)16-8-3-2-4-9-16)13-23-26(14)19-12-11-15-7-5-6-10-18(15)24-19/h2-13,20H,1H3,(H,25,27)(H,28,29)/t20-/m0/s1. The lowest BCUT2D eigenvalue weighted by molar-refractivity contribution is -0.139. The molecule has 2 aromatic carbocycles. The van der Waals surface area contributed by atoms with Crippen molar-refractivity contribution in [1.29, 1.82) is 0 Å². The summed E-state index contributed by atoms with van der Waals surface area (Å²) in [5.74, 6) is -1.06. The van der Waals surface area contributed by atoms with E-state index in [2.05, 4.69) is 15.4 Å². The highest BCUT2D eigenvalue weighted by molar-refractivity contribution is 5.97. The number of benzene rings is 2. The monoisotopic (exact) mass is 386 g/mol. The van der Waals surface area contributed by atoms with Gasteiger partial charge in [0, 0.05) is 5.39 Å². The summed E-state index contributed by atoms with van der Waals surface area (Å²) in [5.41, 5.74) is 2.18. The van der Waals surface area contributed by atoms with Crippen LogP contribution in [0.1, 0.15) is 27.7 Å². The number of nitrogens with zero attached hydrogens (tertiary/aromatic N) is 3. The van der Waals surface area contributed by atoms with Gasteiger partial charge in [0.25, 0.3) is 5.91 Å². The van der Waals surface area contributed by atoms with Crippen molar-refractivity contribution in [3.8, 4) is 5.82 Å². The SMILES string of the molecule is Cc1c(C(=O)N[C@H](C(=O)O)c2ccccc2)cnn1-c1ccc2ccccc2n1. The zero-order valence-corrected chi connectivity index (χ0v) is 15.6. The lowest BCUT2D eigenvalue weighted by Crippen LogP contribution is -2.34. The van der Waals surface area contributed by atoms with Crippen molar-refractivity contribution in [3.63, 3.8) is 0 Å². The molecular weight excluding hydrogens is 368 g/mol. The number of carboxylic acids is 1. The fourth-order valence-electron chi connectivity index (χ4n) is 3.18. The molecule has 4 rings (SSSR count). The first kappa shape index (κ1) is 18.4. The van der Waals surface area contributed by atoms with E-state index in [1.807, 2.05) is 36.4 Å². The zero-order valence-electron chi connectivity index (χ0n) is 15.6. The molecule has 4 aromatic rings. The molecule has 0 fully saturated rings. The topological polar surface area (TPSA) is 97.1 Å². The van der Waals surface area contributed by atoms with Gasteiger partial charge < -0.3 is 10.4 Å². The second-order valence-electron chi connectivity index (χ2n) is 6.57. The second kappa shape index (κ2) is 7.55. The molecule has 2 aromatic heterocycles. The second-order valence-corrected chi connectivity index (χ2v) is 6.57. The predicted octanol–water partition coefficient (Wildman–Crippen LogP) is 3.28. The summed E-state index contributed by atoms with van der Waals surface area (Å²) < 4.78 is 1.57. The molecule has 2 N–H and O–H groups in total. The molecule has 7 heteroatoms. The van der Waals surface area contributed by atoms with E-state index >= 15 is 0 Å². The van der Waals surface area contributed by atoms with Gasteiger partial charge in [0.2, 0.25) is 0 Å². The highest BCUT2D eigenvalue weighted by Crippen LogP contribution is 2.19. The van der Waals surface area contributed by atoms with Gasteiger partial charge in [0.1, 0.15) is 0 Å². The van der Waals surface area contributed by atoms with E-state index in [0.717, 1.165) is 10.9 Å². The van der Waals surface area contributed by atoms with Crippen molar-refractivity contribution in [2.75, 3.05) is 0 Å². The quantitative estimate of drug-likeness (QED) is 0.549. The largest absolute Gasteiger partial charge is 0.479 e. The number of para-hydroxylation sites is 1. The van der Waals surface area contributed by atoms with Crippen LogP contribution in [0.5, 0.6) is 0 Å². The minimum Gasteiger partial charge on any atom is -0.479 e. The number of carbonyl (C=O) groups is 2. The van der Waals surface area contributed by atoms with E-state index in [1.165, 1.54) is 6.20 Å². The van der Waals surface area contributed by atoms with Gasteiger partial charge >= 0.3 is 5.97 Å². The lowest BCUT2D eigenvalue weighted by Gasteiger charge is -2.14. The zero-order chi connectivity index (χ0) is 20.4. The number of fused-ring (bicyclic) bond motifs is 1. The van der Waals surface area contributed by atoms with E-state index in [0.29, 0.717) is 22.6 Å². The number of amides is 1. The molecule has 0 aliphatic rings. The van der Waals surface area contributed by atoms with Gasteiger partial charge in [0.15, 0.2) is 11.9 Å². The fraction of sp³-hybridized carbons (Fsp3) is 0.0909. The molecule has 0 aliphatic heterocycles. The van der Waals surface area contributed by atoms with Gasteiger partial charge in [-0.25, -0.2) is 14.5 Å². The third kappa shape index (κ3) is 3.58. The highest BCUT2D eigenvalue weighted by Gasteiger charge is 2.24. The Bertz CT molecular complexity index is 1200. The number of hydrogen-bond donors (Lipinski definition) is 2. The number of aliphatic carboxylic acids is 1. The molecule has 0 aliphatic carbocycles. The molecule has 0 radical (unpaired) electrons. The van der Waals surface area contributed by atoms with E-state index < -0.39 is 17.9 Å². The molecular formula is C22H18N4O3. The van der Waals surface area contributed by atoms with Crippen molar-refractivity contribution >= 4 is 22.8 Å². The Balaban J connectivity index is 1.63. The van der Waals surface area contributed by atoms with E-state index in [9.17, 15) is 14.7 Å². The number of pyridine rings is 1. The molecule has 1 atom stereocenters. The molecule has 2 heterocycles. The van der Waals surface area contributed by atoms with Crippen LogP contribution in [0.25, 0.3) is 16.7 Å². The van der Waals surface area contributed by atoms with Crippen LogP contribution >= 0.6 is 0 Å². The van der Waals surface area contributed by atoms with Crippen molar-refractivity contribution in [3.05, 3.63) is 89.7 Å². The van der Waals surface area contributed by atoms with Crippen LogP contribution in [0, 0.1) is 6.92 Å². The summed E-state index contributed by atoms with van der Waals surface area (Å²) >= 11 is 0. The number of carboxylic acid groups (broad SMARTS) is 1. The minimum absolute atomic E-state index is 0.294. The van der Waals surface area contributed by atoms with Crippen LogP contribution in [0.2, 0.25) is 0 Å². The number of aromatic nitrogens is 3. The third-order valence-electron chi connectivity index (χ3n) is 4.71. The summed E-state index contributed by atoms with van der Waals surface area (Å²) in [5, 5.41) is 17.4. The van der Waals surface area contributed by atoms with Crippen LogP contribution in [-0.4, -0.2) is 31.7 Å². The Morgan fingerprint density at radius 3 is 2.48 bits per heavy atom. The predicted molar refractivity (Wildman–Crippen MR) is 108 cm³/mol. The van der Waals surface area contributed by atoms with Crippen molar-refractivity contribution < 1.29 is 14.7 Å². The Hall–Kier alpha value is -4.00. The van der Waals surface area contributed by atoms with Gasteiger partial charge in [-0.1, -0.05) is 48.5 Å². The first-order valence-electron chi connectivity index (χ1n) is 9.04. The van der Waals surface area contributed by atoms with Gasteiger partial charge in [-0.15, -0.1) is 0 Å². The van der Waals surface area contributed by atoms with Crippen LogP contribution in [0.4, 0.5) is 0 Å². The maximum Gasteiger partial charge on any atom is 0.330 e. The molecule has 0 saturated carbocycles. The first-order valence-corrected chi connectivity index (χ1v) is 9.04. The molecule has 0 saturated heterocycles. The van der Waals surface area contributed by atoms with Crippen LogP contribution in [0.15, 0.2) is 72.9 Å². The summed E-state index contributed by atoms with van der Waals surface area (Å²) in [7, 11) is 0. The average Bonchev–Trinajstić information content (AvgIpc) is 3.13. The maximum atomic E-state index is 12.8. The number of rotatable bonds is 5. The summed E-state index contributed by atoms with van der Waals surface area (Å²) in [4.78, 5) is 29.0. The Morgan fingerprint density at radius 2 is 1.72 bits per heavy atom. The average molecular weight is 386 g/mol. The molecule has 144 valence electrons. The molecule has 0 unspecified atom stereocenters. The van der Waals surface area contributed by atoms with Crippen molar-refractivity contribution in [2.24, 2.45) is 0 Å². The molecule has 1 amide bonds. The number of carbonyl (C=O) groups excluding carboxylic acids is 1. The van der Waals surface area contributed by atoms with E-state index in [-0.39, 0.29) is 0 Å². The molecule has 0 bridgehead atoms. The van der Waals surface area contributed by atoms with E-state index in [1.54, 1.807) is 41.9 Å². The highest BCUT2D eigenvalue weighted by atomic mass is 16.4. The fourth-order valence-corrected chi connectivity index (χ4v) is 3.18. The van der Waals surface area contributed by atoms with Crippen LogP contribution < -0.4 is 5.32 Å². The van der Waals surface area contributed by atoms with Gasteiger partial charge in [-0.3, -0.25) is 4.79 Å². The lowest BCUT2D eigenvalue weighted by atomic mass is 10.1. The summed E-state index contributed by atoms with van der Waals surface area (Å²) in [6.45, 7) is 1.75.